The van der Waals surface area contributed by atoms with E-state index in [9.17, 15) is 10.1 Å². The Labute approximate surface area is 151 Å². The molecule has 1 aliphatic rings. The maximum absolute atomic E-state index is 12.5. The molecule has 1 aromatic carbocycles. The summed E-state index contributed by atoms with van der Waals surface area (Å²) in [5, 5.41) is 12.5. The number of nitriles is 1. The number of rotatable bonds is 5. The minimum Gasteiger partial charge on any atom is -0.495 e. The van der Waals surface area contributed by atoms with E-state index in [1.165, 1.54) is 11.8 Å². The monoisotopic (exact) mass is 353 g/mol. The molecule has 1 aromatic heterocycles. The zero-order valence-corrected chi connectivity index (χ0v) is 15.0. The number of pyridine rings is 1. The average Bonchev–Trinajstić information content (AvgIpc) is 3.08. The molecule has 0 saturated heterocycles. The van der Waals surface area contributed by atoms with Crippen LogP contribution in [0.4, 0.5) is 5.69 Å². The fraction of sp³-hybridized carbons (Fsp3) is 0.316. The van der Waals surface area contributed by atoms with Gasteiger partial charge in [0.2, 0.25) is 5.91 Å². The molecule has 1 heterocycles. The molecule has 128 valence electrons. The van der Waals surface area contributed by atoms with Crippen molar-refractivity contribution in [3.63, 3.8) is 0 Å². The summed E-state index contributed by atoms with van der Waals surface area (Å²) >= 11 is 1.32. The van der Waals surface area contributed by atoms with Crippen molar-refractivity contribution in [3.05, 3.63) is 47.2 Å². The fourth-order valence-electron chi connectivity index (χ4n) is 2.83. The molecule has 25 heavy (non-hydrogen) atoms. The highest BCUT2D eigenvalue weighted by molar-refractivity contribution is 8.00. The third-order valence-electron chi connectivity index (χ3n) is 4.16. The van der Waals surface area contributed by atoms with Crippen LogP contribution in [0, 0.1) is 11.3 Å². The Hall–Kier alpha value is -2.52. The Morgan fingerprint density at radius 1 is 1.40 bits per heavy atom. The van der Waals surface area contributed by atoms with Gasteiger partial charge in [0, 0.05) is 5.69 Å². The van der Waals surface area contributed by atoms with E-state index >= 15 is 0 Å². The number of carbonyl (C=O) groups excluding carboxylic acids is 1. The SMILES string of the molecule is COc1ccccc1NC(=O)C(C)Sc1nc2c(cc1C#N)CCC2. The Kier molecular flexibility index (Phi) is 5.25. The minimum atomic E-state index is -0.385. The molecule has 1 amide bonds. The molecule has 1 atom stereocenters. The maximum Gasteiger partial charge on any atom is 0.237 e. The summed E-state index contributed by atoms with van der Waals surface area (Å²) < 4.78 is 5.25. The molecule has 5 nitrogen and oxygen atoms in total. The van der Waals surface area contributed by atoms with E-state index in [-0.39, 0.29) is 11.2 Å². The van der Waals surface area contributed by atoms with Crippen LogP contribution in [0.5, 0.6) is 5.75 Å². The molecule has 1 aliphatic carbocycles. The Balaban J connectivity index is 1.75. The minimum absolute atomic E-state index is 0.152. The Morgan fingerprint density at radius 3 is 2.96 bits per heavy atom. The number of anilines is 1. The number of thioether (sulfide) groups is 1. The fourth-order valence-corrected chi connectivity index (χ4v) is 3.72. The van der Waals surface area contributed by atoms with Crippen molar-refractivity contribution in [3.8, 4) is 11.8 Å². The standard InChI is InChI=1S/C19H19N3O2S/c1-12(18(23)21-16-7-3-4-9-17(16)24-2)25-19-14(11-20)10-13-6-5-8-15(13)22-19/h3-4,7,9-10,12H,5-6,8H2,1-2H3,(H,21,23). The van der Waals surface area contributed by atoms with Gasteiger partial charge >= 0.3 is 0 Å². The predicted molar refractivity (Wildman–Crippen MR) is 97.9 cm³/mol. The van der Waals surface area contributed by atoms with Crippen molar-refractivity contribution in [1.82, 2.24) is 4.98 Å². The molecule has 3 rings (SSSR count). The van der Waals surface area contributed by atoms with Crippen molar-refractivity contribution >= 4 is 23.4 Å². The zero-order valence-electron chi connectivity index (χ0n) is 14.2. The molecule has 0 spiro atoms. The summed E-state index contributed by atoms with van der Waals surface area (Å²) in [6.45, 7) is 1.81. The van der Waals surface area contributed by atoms with Gasteiger partial charge in [-0.05, 0) is 49.9 Å². The van der Waals surface area contributed by atoms with Gasteiger partial charge in [0.1, 0.15) is 16.8 Å². The van der Waals surface area contributed by atoms with Gasteiger partial charge in [0.05, 0.1) is 23.6 Å². The van der Waals surface area contributed by atoms with Crippen LogP contribution in [0.3, 0.4) is 0 Å². The summed E-state index contributed by atoms with van der Waals surface area (Å²) in [6.07, 6.45) is 2.99. The van der Waals surface area contributed by atoms with Crippen LogP contribution < -0.4 is 10.1 Å². The number of benzene rings is 1. The third kappa shape index (κ3) is 3.77. The zero-order chi connectivity index (χ0) is 17.8. The van der Waals surface area contributed by atoms with Crippen molar-refractivity contribution in [1.29, 1.82) is 5.26 Å². The van der Waals surface area contributed by atoms with Crippen LogP contribution in [0.2, 0.25) is 0 Å². The second-order valence-corrected chi connectivity index (χ2v) is 7.19. The van der Waals surface area contributed by atoms with E-state index in [4.69, 9.17) is 4.74 Å². The van der Waals surface area contributed by atoms with Crippen LogP contribution in [0.15, 0.2) is 35.4 Å². The number of hydrogen-bond donors (Lipinski definition) is 1. The van der Waals surface area contributed by atoms with Gasteiger partial charge in [-0.2, -0.15) is 5.26 Å². The van der Waals surface area contributed by atoms with Gasteiger partial charge in [-0.15, -0.1) is 0 Å². The first-order chi connectivity index (χ1) is 12.1. The molecule has 0 saturated carbocycles. The van der Waals surface area contributed by atoms with Crippen LogP contribution >= 0.6 is 11.8 Å². The number of fused-ring (bicyclic) bond motifs is 1. The number of nitrogens with one attached hydrogen (secondary N) is 1. The van der Waals surface area contributed by atoms with E-state index < -0.39 is 0 Å². The number of hydrogen-bond acceptors (Lipinski definition) is 5. The van der Waals surface area contributed by atoms with E-state index in [0.29, 0.717) is 22.0 Å². The summed E-state index contributed by atoms with van der Waals surface area (Å²) in [7, 11) is 1.57. The van der Waals surface area contributed by atoms with Gasteiger partial charge in [-0.3, -0.25) is 4.79 Å². The van der Waals surface area contributed by atoms with Crippen LogP contribution in [0.25, 0.3) is 0 Å². The van der Waals surface area contributed by atoms with E-state index in [0.717, 1.165) is 30.5 Å². The number of ether oxygens (including phenoxy) is 1. The molecular weight excluding hydrogens is 334 g/mol. The van der Waals surface area contributed by atoms with E-state index in [1.807, 2.05) is 25.1 Å². The highest BCUT2D eigenvalue weighted by atomic mass is 32.2. The molecule has 1 unspecified atom stereocenters. The van der Waals surface area contributed by atoms with Crippen LogP contribution in [-0.4, -0.2) is 23.3 Å². The quantitative estimate of drug-likeness (QED) is 0.832. The molecule has 2 aromatic rings. The third-order valence-corrected chi connectivity index (χ3v) is 5.26. The summed E-state index contributed by atoms with van der Waals surface area (Å²) in [4.78, 5) is 17.1. The first kappa shape index (κ1) is 17.3. The van der Waals surface area contributed by atoms with Crippen LogP contribution in [-0.2, 0) is 17.6 Å². The highest BCUT2D eigenvalue weighted by Gasteiger charge is 2.21. The summed E-state index contributed by atoms with van der Waals surface area (Å²) in [6, 6.07) is 11.4. The predicted octanol–water partition coefficient (Wildman–Crippen LogP) is 3.57. The summed E-state index contributed by atoms with van der Waals surface area (Å²) in [5.74, 6) is 0.460. The molecule has 6 heteroatoms. The van der Waals surface area contributed by atoms with E-state index in [2.05, 4.69) is 16.4 Å². The lowest BCUT2D eigenvalue weighted by Crippen LogP contribution is -2.23. The van der Waals surface area contributed by atoms with Gasteiger partial charge in [0.25, 0.3) is 0 Å². The Morgan fingerprint density at radius 2 is 2.20 bits per heavy atom. The lowest BCUT2D eigenvalue weighted by atomic mass is 10.2. The maximum atomic E-state index is 12.5. The number of para-hydroxylation sites is 2. The van der Waals surface area contributed by atoms with E-state index in [1.54, 1.807) is 19.2 Å². The van der Waals surface area contributed by atoms with Crippen molar-refractivity contribution in [2.45, 2.75) is 36.5 Å². The first-order valence-corrected chi connectivity index (χ1v) is 9.03. The van der Waals surface area contributed by atoms with Crippen LogP contribution in [0.1, 0.15) is 30.2 Å². The lowest BCUT2D eigenvalue weighted by molar-refractivity contribution is -0.115. The number of carbonyl (C=O) groups is 1. The number of aromatic nitrogens is 1. The lowest BCUT2D eigenvalue weighted by Gasteiger charge is -2.15. The number of nitrogens with zero attached hydrogens (tertiary/aromatic N) is 2. The highest BCUT2D eigenvalue weighted by Crippen LogP contribution is 2.31. The number of methoxy groups -OCH3 is 1. The summed E-state index contributed by atoms with van der Waals surface area (Å²) in [5.41, 5.74) is 3.39. The largest absolute Gasteiger partial charge is 0.495 e. The normalized spacial score (nSPS) is 13.6. The van der Waals surface area contributed by atoms with Crippen molar-refractivity contribution in [2.75, 3.05) is 12.4 Å². The number of amides is 1. The molecule has 0 bridgehead atoms. The van der Waals surface area contributed by atoms with Gasteiger partial charge in [0.15, 0.2) is 0 Å². The smallest absolute Gasteiger partial charge is 0.237 e. The first-order valence-electron chi connectivity index (χ1n) is 8.15. The van der Waals surface area contributed by atoms with Gasteiger partial charge in [-0.25, -0.2) is 4.98 Å². The molecular formula is C19H19N3O2S. The second-order valence-electron chi connectivity index (χ2n) is 5.86. The topological polar surface area (TPSA) is 75.0 Å². The van der Waals surface area contributed by atoms with Crippen molar-refractivity contribution < 1.29 is 9.53 Å². The average molecular weight is 353 g/mol. The molecule has 0 fully saturated rings. The second kappa shape index (κ2) is 7.58. The molecule has 1 N–H and O–H groups in total. The number of aryl methyl sites for hydroxylation is 2. The Bertz CT molecular complexity index is 845. The van der Waals surface area contributed by atoms with Gasteiger partial charge < -0.3 is 10.1 Å². The van der Waals surface area contributed by atoms with Gasteiger partial charge in [-0.1, -0.05) is 23.9 Å². The van der Waals surface area contributed by atoms with Crippen molar-refractivity contribution in [2.24, 2.45) is 0 Å². The molecule has 0 radical (unpaired) electrons. The molecule has 0 aliphatic heterocycles.